The summed E-state index contributed by atoms with van der Waals surface area (Å²) in [7, 11) is 0. The van der Waals surface area contributed by atoms with Gasteiger partial charge in [0.05, 0.1) is 0 Å². The molecule has 0 unspecified atom stereocenters. The van der Waals surface area contributed by atoms with Crippen molar-refractivity contribution in [2.24, 2.45) is 0 Å². The van der Waals surface area contributed by atoms with Crippen molar-refractivity contribution in [1.82, 2.24) is 0 Å². The topological polar surface area (TPSA) is 34.1 Å². The smallest absolute Gasteiger partial charge is 0.167 e. The Morgan fingerprint density at radius 1 is 0.700 bits per heavy atom. The summed E-state index contributed by atoms with van der Waals surface area (Å²) in [6.07, 6.45) is 1.88. The predicted molar refractivity (Wildman–Crippen MR) is 159 cm³/mol. The van der Waals surface area contributed by atoms with Gasteiger partial charge in [0.2, 0.25) is 0 Å². The third-order valence-electron chi connectivity index (χ3n) is 6.01. The quantitative estimate of drug-likeness (QED) is 0.0948. The van der Waals surface area contributed by atoms with Gasteiger partial charge in [-0.05, 0) is 29.8 Å². The van der Waals surface area contributed by atoms with E-state index in [4.69, 9.17) is 0 Å². The molecule has 0 heterocycles. The molecule has 5 rings (SSSR count). The van der Waals surface area contributed by atoms with E-state index in [1.165, 1.54) is 0 Å². The second-order valence-electron chi connectivity index (χ2n) is 8.82. The van der Waals surface area contributed by atoms with E-state index in [1.807, 2.05) is 103 Å². The summed E-state index contributed by atoms with van der Waals surface area (Å²) in [5, 5.41) is 0. The maximum Gasteiger partial charge on any atom is 0.167 e. The Labute approximate surface area is 247 Å². The minimum absolute atomic E-state index is 0. The van der Waals surface area contributed by atoms with Crippen LogP contribution in [0.1, 0.15) is 50.8 Å². The molecule has 0 aromatic heterocycles. The fraction of sp³-hybridized carbons (Fsp3) is 0.0811. The number of Topliss-reactive ketones (excluding diaryl/α,β-unsaturated/α-hetero) is 2. The van der Waals surface area contributed by atoms with Crippen LogP contribution in [0.4, 0.5) is 0 Å². The van der Waals surface area contributed by atoms with Crippen LogP contribution in [0, 0.1) is 23.7 Å². The molecule has 0 saturated heterocycles. The zero-order valence-electron chi connectivity index (χ0n) is 22.2. The Morgan fingerprint density at radius 3 is 1.77 bits per heavy atom. The van der Waals surface area contributed by atoms with Gasteiger partial charge in [0.1, 0.15) is 0 Å². The Kier molecular flexibility index (Phi) is 11.7. The number of benzene rings is 3. The van der Waals surface area contributed by atoms with Gasteiger partial charge in [-0.3, -0.25) is 5.92 Å². The molecule has 0 spiro atoms. The van der Waals surface area contributed by atoms with Crippen molar-refractivity contribution in [2.75, 3.05) is 0 Å². The monoisotopic (exact) mass is 560 g/mol. The third kappa shape index (κ3) is 8.42. The van der Waals surface area contributed by atoms with Crippen LogP contribution in [-0.4, -0.2) is 11.6 Å². The van der Waals surface area contributed by atoms with Crippen LogP contribution >= 0.6 is 0 Å². The largest absolute Gasteiger partial charge is 0.641 e. The molecule has 0 fully saturated rings. The zero-order valence-corrected chi connectivity index (χ0v) is 23.3. The first-order valence-corrected chi connectivity index (χ1v) is 12.9. The minimum atomic E-state index is -0.135. The Morgan fingerprint density at radius 2 is 1.23 bits per heavy atom. The van der Waals surface area contributed by atoms with Crippen molar-refractivity contribution < 1.29 is 26.7 Å². The first-order chi connectivity index (χ1) is 19.2. The van der Waals surface area contributed by atoms with Crippen LogP contribution in [0.25, 0.3) is 11.1 Å². The zero-order chi connectivity index (χ0) is 27.3. The summed E-state index contributed by atoms with van der Waals surface area (Å²) in [6, 6.07) is 40.4. The molecule has 0 saturated carbocycles. The van der Waals surface area contributed by atoms with Gasteiger partial charge in [0, 0.05) is 22.6 Å². The summed E-state index contributed by atoms with van der Waals surface area (Å²) < 4.78 is 0. The van der Waals surface area contributed by atoms with Gasteiger partial charge in [-0.25, -0.2) is 0 Å². The molecule has 40 heavy (non-hydrogen) atoms. The maximum absolute atomic E-state index is 12.6. The van der Waals surface area contributed by atoms with Gasteiger partial charge >= 0.3 is 0 Å². The predicted octanol–water partition coefficient (Wildman–Crippen LogP) is 7.90. The second kappa shape index (κ2) is 15.7. The van der Waals surface area contributed by atoms with E-state index >= 15 is 0 Å². The molecule has 0 N–H and O–H groups in total. The van der Waals surface area contributed by atoms with E-state index in [9.17, 15) is 9.59 Å². The van der Waals surface area contributed by atoms with E-state index in [2.05, 4.69) is 42.7 Å². The van der Waals surface area contributed by atoms with E-state index in [0.717, 1.165) is 46.2 Å². The van der Waals surface area contributed by atoms with Crippen molar-refractivity contribution in [3.8, 4) is 34.8 Å². The van der Waals surface area contributed by atoms with E-state index < -0.39 is 0 Å². The summed E-state index contributed by atoms with van der Waals surface area (Å²) in [5.74, 6) is 11.0. The molecule has 0 atom stereocenters. The van der Waals surface area contributed by atoms with E-state index in [1.54, 1.807) is 12.1 Å². The van der Waals surface area contributed by atoms with Crippen molar-refractivity contribution in [2.45, 2.75) is 19.8 Å². The molecule has 3 heteroatoms. The summed E-state index contributed by atoms with van der Waals surface area (Å²) in [4.78, 5) is 24.1. The van der Waals surface area contributed by atoms with Crippen LogP contribution < -0.4 is 0 Å². The molecule has 0 aliphatic heterocycles. The molecule has 0 amide bonds. The molecule has 0 radical (unpaired) electrons. The van der Waals surface area contributed by atoms with Crippen LogP contribution in [0.3, 0.4) is 0 Å². The Balaban J connectivity index is 0.000000238. The maximum atomic E-state index is 12.6. The van der Waals surface area contributed by atoms with Crippen LogP contribution in [0.15, 0.2) is 127 Å². The van der Waals surface area contributed by atoms with Gasteiger partial charge < -0.3 is 51.1 Å². The molecule has 5 aromatic rings. The first-order valence-electron chi connectivity index (χ1n) is 12.9. The van der Waals surface area contributed by atoms with E-state index in [0.29, 0.717) is 5.56 Å². The van der Waals surface area contributed by atoms with Gasteiger partial charge in [0.25, 0.3) is 0 Å². The summed E-state index contributed by atoms with van der Waals surface area (Å²) in [5.41, 5.74) is 6.50. The SMILES string of the molecule is CCC[c-]1c(C(=O)C#Cc2ccccc2)ccc1-c1ccccc1.O=C(C#Cc1ccccc1)[c-]1[cH-][cH-][cH-][cH-]1.[Fe]. The average molecular weight is 560 g/mol. The standard InChI is InChI=1S/C23H19O.C14H9O.Fe/c1-2-9-21-20(19-12-7-4-8-13-19)15-16-22(21)23(24)17-14-18-10-5-3-6-11-18;15-14(13-8-4-5-9-13)11-10-12-6-2-1-3-7-12;/h3-8,10-13,15-16H,2,9H2,1H3;1-9H;/q-1;-5;. The van der Waals surface area contributed by atoms with Gasteiger partial charge in [-0.2, -0.15) is 6.07 Å². The number of hydrogen-bond donors (Lipinski definition) is 0. The third-order valence-corrected chi connectivity index (χ3v) is 6.01. The van der Waals surface area contributed by atoms with Crippen molar-refractivity contribution in [3.05, 3.63) is 155 Å². The molecular formula is C37H28FeO2-6. The Hall–Kier alpha value is -4.66. The molecule has 2 nitrogen and oxygen atoms in total. The van der Waals surface area contributed by atoms with Crippen molar-refractivity contribution in [1.29, 1.82) is 0 Å². The van der Waals surface area contributed by atoms with Crippen molar-refractivity contribution in [3.63, 3.8) is 0 Å². The van der Waals surface area contributed by atoms with E-state index in [-0.39, 0.29) is 28.6 Å². The fourth-order valence-electron chi connectivity index (χ4n) is 4.10. The number of rotatable bonds is 5. The van der Waals surface area contributed by atoms with Crippen molar-refractivity contribution >= 4 is 11.6 Å². The normalized spacial score (nSPS) is 9.43. The molecule has 5 aromatic carbocycles. The number of hydrogen-bond acceptors (Lipinski definition) is 2. The second-order valence-corrected chi connectivity index (χ2v) is 8.82. The number of ketones is 2. The molecule has 0 aliphatic carbocycles. The average Bonchev–Trinajstić information content (AvgIpc) is 3.68. The molecular weight excluding hydrogens is 532 g/mol. The van der Waals surface area contributed by atoms with Crippen LogP contribution in [0.5, 0.6) is 0 Å². The van der Waals surface area contributed by atoms with Crippen LogP contribution in [-0.2, 0) is 23.5 Å². The van der Waals surface area contributed by atoms with Crippen LogP contribution in [0.2, 0.25) is 0 Å². The summed E-state index contributed by atoms with van der Waals surface area (Å²) in [6.45, 7) is 2.13. The summed E-state index contributed by atoms with van der Waals surface area (Å²) >= 11 is 0. The van der Waals surface area contributed by atoms with Gasteiger partial charge in [-0.15, -0.1) is 17.2 Å². The first kappa shape index (κ1) is 29.9. The molecule has 0 aliphatic rings. The number of carbonyl (C=O) groups is 2. The molecule has 202 valence electrons. The number of carbonyl (C=O) groups excluding carboxylic acids is 2. The van der Waals surface area contributed by atoms with Gasteiger partial charge in [0.15, 0.2) is 5.78 Å². The van der Waals surface area contributed by atoms with Gasteiger partial charge in [-0.1, -0.05) is 109 Å². The Bertz CT molecular complexity index is 1620. The minimum Gasteiger partial charge on any atom is -0.641 e. The molecule has 0 bridgehead atoms. The fourth-order valence-corrected chi connectivity index (χ4v) is 4.10.